The van der Waals surface area contributed by atoms with Crippen molar-refractivity contribution in [3.63, 3.8) is 0 Å². The highest BCUT2D eigenvalue weighted by molar-refractivity contribution is 14.0. The minimum atomic E-state index is 0. The molecule has 25 heavy (non-hydrogen) atoms. The molecule has 142 valence electrons. The minimum Gasteiger partial charge on any atom is -0.361 e. The zero-order valence-electron chi connectivity index (χ0n) is 15.7. The molecule has 2 unspecified atom stereocenters. The molecule has 1 saturated heterocycles. The fraction of sp³-hybridized carbons (Fsp3) is 0.778. The van der Waals surface area contributed by atoms with Gasteiger partial charge in [0.05, 0.1) is 5.69 Å². The first kappa shape index (κ1) is 20.5. The van der Waals surface area contributed by atoms with Gasteiger partial charge in [0.15, 0.2) is 5.96 Å². The van der Waals surface area contributed by atoms with Crippen LogP contribution in [-0.4, -0.2) is 59.7 Å². The summed E-state index contributed by atoms with van der Waals surface area (Å²) in [5, 5.41) is 7.79. The maximum absolute atomic E-state index is 5.16. The number of halogens is 1. The minimum absolute atomic E-state index is 0. The number of aliphatic imine (C=N–C) groups is 1. The van der Waals surface area contributed by atoms with Gasteiger partial charge in [-0.3, -0.25) is 9.89 Å². The molecule has 0 amide bonds. The largest absolute Gasteiger partial charge is 0.361 e. The van der Waals surface area contributed by atoms with Crippen molar-refractivity contribution in [1.82, 2.24) is 20.3 Å². The quantitative estimate of drug-likeness (QED) is 0.401. The van der Waals surface area contributed by atoms with Crippen molar-refractivity contribution in [3.8, 4) is 0 Å². The zero-order valence-corrected chi connectivity index (χ0v) is 18.0. The van der Waals surface area contributed by atoms with Crippen molar-refractivity contribution in [2.24, 2.45) is 10.9 Å². The van der Waals surface area contributed by atoms with Gasteiger partial charge in [-0.15, -0.1) is 24.0 Å². The van der Waals surface area contributed by atoms with Gasteiger partial charge in [0.1, 0.15) is 5.76 Å². The van der Waals surface area contributed by atoms with Crippen molar-refractivity contribution in [3.05, 3.63) is 17.5 Å². The van der Waals surface area contributed by atoms with Crippen molar-refractivity contribution < 1.29 is 4.52 Å². The van der Waals surface area contributed by atoms with Crippen LogP contribution in [0.25, 0.3) is 0 Å². The summed E-state index contributed by atoms with van der Waals surface area (Å²) in [5.74, 6) is 2.85. The first-order valence-corrected chi connectivity index (χ1v) is 9.40. The van der Waals surface area contributed by atoms with Gasteiger partial charge in [-0.25, -0.2) is 0 Å². The summed E-state index contributed by atoms with van der Waals surface area (Å²) in [4.78, 5) is 9.57. The summed E-state index contributed by atoms with van der Waals surface area (Å²) >= 11 is 0. The molecule has 0 radical (unpaired) electrons. The number of nitrogens with zero attached hydrogens (tertiary/aromatic N) is 4. The van der Waals surface area contributed by atoms with Crippen LogP contribution in [0.5, 0.6) is 0 Å². The molecule has 2 fully saturated rings. The molecule has 1 aromatic heterocycles. The number of hydrogen-bond acceptors (Lipinski definition) is 4. The smallest absolute Gasteiger partial charge is 0.194 e. The number of aromatic nitrogens is 1. The predicted octanol–water partition coefficient (Wildman–Crippen LogP) is 2.87. The fourth-order valence-corrected chi connectivity index (χ4v) is 3.51. The molecular formula is C18H32IN5O. The third-order valence-corrected chi connectivity index (χ3v) is 4.94. The Labute approximate surface area is 168 Å². The standard InChI is InChI=1S/C18H31N5O.HI/c1-4-6-15-12-17(15)20-18(19-5-2)23-9-7-22(8-10-23)13-16-11-14(3)24-21-16;/h11,15,17H,4-10,12-13H2,1-3H3,(H,19,20);1H. The van der Waals surface area contributed by atoms with Crippen molar-refractivity contribution in [1.29, 1.82) is 0 Å². The summed E-state index contributed by atoms with van der Waals surface area (Å²) in [6.07, 6.45) is 3.92. The topological polar surface area (TPSA) is 56.9 Å². The van der Waals surface area contributed by atoms with E-state index in [9.17, 15) is 0 Å². The maximum Gasteiger partial charge on any atom is 0.194 e. The van der Waals surface area contributed by atoms with Crippen molar-refractivity contribution in [2.45, 2.75) is 52.6 Å². The van der Waals surface area contributed by atoms with Gasteiger partial charge < -0.3 is 14.7 Å². The van der Waals surface area contributed by atoms with Crippen LogP contribution in [0.1, 0.15) is 44.6 Å². The summed E-state index contributed by atoms with van der Waals surface area (Å²) in [5.41, 5.74) is 1.03. The first-order valence-electron chi connectivity index (χ1n) is 9.40. The molecule has 1 aliphatic heterocycles. The fourth-order valence-electron chi connectivity index (χ4n) is 3.51. The van der Waals surface area contributed by atoms with E-state index in [0.717, 1.165) is 62.6 Å². The van der Waals surface area contributed by atoms with Gasteiger partial charge in [0, 0.05) is 51.4 Å². The Bertz CT molecular complexity index is 553. The predicted molar refractivity (Wildman–Crippen MR) is 111 cm³/mol. The Hall–Kier alpha value is -0.830. The van der Waals surface area contributed by atoms with Crippen LogP contribution < -0.4 is 5.32 Å². The monoisotopic (exact) mass is 461 g/mol. The Morgan fingerprint density at radius 3 is 2.68 bits per heavy atom. The van der Waals surface area contributed by atoms with Gasteiger partial charge in [-0.2, -0.15) is 0 Å². The van der Waals surface area contributed by atoms with Gasteiger partial charge in [-0.1, -0.05) is 18.5 Å². The molecule has 1 aliphatic carbocycles. The number of aryl methyl sites for hydroxylation is 1. The second-order valence-corrected chi connectivity index (χ2v) is 7.03. The highest BCUT2D eigenvalue weighted by atomic mass is 127. The van der Waals surface area contributed by atoms with Crippen LogP contribution in [0, 0.1) is 12.8 Å². The van der Waals surface area contributed by atoms with E-state index in [1.165, 1.54) is 19.3 Å². The molecule has 0 aromatic carbocycles. The van der Waals surface area contributed by atoms with Crippen LogP contribution in [-0.2, 0) is 6.54 Å². The lowest BCUT2D eigenvalue weighted by molar-refractivity contribution is 0.168. The molecule has 1 aromatic rings. The molecular weight excluding hydrogens is 429 g/mol. The Morgan fingerprint density at radius 1 is 1.32 bits per heavy atom. The Morgan fingerprint density at radius 2 is 2.08 bits per heavy atom. The van der Waals surface area contributed by atoms with E-state index in [-0.39, 0.29) is 24.0 Å². The zero-order chi connectivity index (χ0) is 16.9. The van der Waals surface area contributed by atoms with E-state index in [1.807, 2.05) is 13.0 Å². The molecule has 1 N–H and O–H groups in total. The first-order chi connectivity index (χ1) is 11.7. The van der Waals surface area contributed by atoms with Crippen LogP contribution in [0.3, 0.4) is 0 Å². The highest BCUT2D eigenvalue weighted by Crippen LogP contribution is 2.34. The van der Waals surface area contributed by atoms with E-state index in [0.29, 0.717) is 6.04 Å². The van der Waals surface area contributed by atoms with E-state index in [1.54, 1.807) is 0 Å². The van der Waals surface area contributed by atoms with E-state index < -0.39 is 0 Å². The average molecular weight is 461 g/mol. The van der Waals surface area contributed by atoms with Gasteiger partial charge >= 0.3 is 0 Å². The second kappa shape index (κ2) is 9.75. The van der Waals surface area contributed by atoms with Gasteiger partial charge in [0.25, 0.3) is 0 Å². The normalized spacial score (nSPS) is 24.1. The van der Waals surface area contributed by atoms with Gasteiger partial charge in [0.2, 0.25) is 0 Å². The molecule has 0 spiro atoms. The molecule has 1 saturated carbocycles. The van der Waals surface area contributed by atoms with E-state index in [2.05, 4.69) is 34.1 Å². The second-order valence-electron chi connectivity index (χ2n) is 7.03. The van der Waals surface area contributed by atoms with Crippen molar-refractivity contribution in [2.75, 3.05) is 32.7 Å². The number of piperazine rings is 1. The summed E-state index contributed by atoms with van der Waals surface area (Å²) in [6.45, 7) is 12.2. The number of hydrogen-bond donors (Lipinski definition) is 1. The van der Waals surface area contributed by atoms with Gasteiger partial charge in [-0.05, 0) is 32.6 Å². The lowest BCUT2D eigenvalue weighted by Crippen LogP contribution is -2.52. The Kier molecular flexibility index (Phi) is 7.99. The summed E-state index contributed by atoms with van der Waals surface area (Å²) < 4.78 is 5.16. The molecule has 2 aliphatic rings. The van der Waals surface area contributed by atoms with Crippen LogP contribution >= 0.6 is 24.0 Å². The Balaban J connectivity index is 0.00000225. The third kappa shape index (κ3) is 5.84. The molecule has 3 rings (SSSR count). The van der Waals surface area contributed by atoms with Crippen LogP contribution in [0.4, 0.5) is 0 Å². The molecule has 2 heterocycles. The molecule has 2 atom stereocenters. The molecule has 0 bridgehead atoms. The maximum atomic E-state index is 5.16. The average Bonchev–Trinajstić information content (AvgIpc) is 3.17. The summed E-state index contributed by atoms with van der Waals surface area (Å²) in [7, 11) is 0. The number of guanidine groups is 1. The van der Waals surface area contributed by atoms with Crippen LogP contribution in [0.2, 0.25) is 0 Å². The molecule has 6 nitrogen and oxygen atoms in total. The lowest BCUT2D eigenvalue weighted by Gasteiger charge is -2.36. The summed E-state index contributed by atoms with van der Waals surface area (Å²) in [6, 6.07) is 2.67. The number of nitrogens with one attached hydrogen (secondary N) is 1. The lowest BCUT2D eigenvalue weighted by atomic mass is 10.2. The van der Waals surface area contributed by atoms with Crippen molar-refractivity contribution >= 4 is 29.9 Å². The molecule has 7 heteroatoms. The van der Waals surface area contributed by atoms with E-state index >= 15 is 0 Å². The highest BCUT2D eigenvalue weighted by Gasteiger charge is 2.37. The third-order valence-electron chi connectivity index (χ3n) is 4.94. The van der Waals surface area contributed by atoms with E-state index in [4.69, 9.17) is 9.52 Å². The van der Waals surface area contributed by atoms with Crippen LogP contribution in [0.15, 0.2) is 15.6 Å². The number of rotatable bonds is 6. The SMILES string of the molecule is CCCC1CC1NC(=NCC)N1CCN(Cc2cc(C)on2)CC1.I.